The minimum Gasteiger partial charge on any atom is -0.481 e. The number of aliphatic carboxylic acids is 1. The fourth-order valence-corrected chi connectivity index (χ4v) is 2.48. The highest BCUT2D eigenvalue weighted by Gasteiger charge is 2.20. The van der Waals surface area contributed by atoms with Gasteiger partial charge in [0.1, 0.15) is 0 Å². The maximum atomic E-state index is 11.7. The Labute approximate surface area is 109 Å². The van der Waals surface area contributed by atoms with E-state index in [1.54, 1.807) is 7.05 Å². The van der Waals surface area contributed by atoms with Crippen molar-refractivity contribution in [1.29, 1.82) is 0 Å². The van der Waals surface area contributed by atoms with Crippen molar-refractivity contribution in [3.05, 3.63) is 0 Å². The average Bonchev–Trinajstić information content (AvgIpc) is 2.33. The molecule has 0 saturated heterocycles. The van der Waals surface area contributed by atoms with Crippen LogP contribution in [0.1, 0.15) is 39.0 Å². The first-order valence-electron chi connectivity index (χ1n) is 6.69. The summed E-state index contributed by atoms with van der Waals surface area (Å²) in [6.45, 7) is 3.22. The van der Waals surface area contributed by atoms with Crippen LogP contribution >= 0.6 is 0 Å². The van der Waals surface area contributed by atoms with Gasteiger partial charge in [0.2, 0.25) is 0 Å². The normalized spacial score (nSPS) is 23.4. The van der Waals surface area contributed by atoms with Gasteiger partial charge in [-0.25, -0.2) is 4.79 Å². The summed E-state index contributed by atoms with van der Waals surface area (Å²) in [5.41, 5.74) is 0. The molecule has 1 rings (SSSR count). The van der Waals surface area contributed by atoms with Gasteiger partial charge in [-0.15, -0.1) is 0 Å². The summed E-state index contributed by atoms with van der Waals surface area (Å²) in [6, 6.07) is -0.172. The molecule has 2 N–H and O–H groups in total. The Morgan fingerprint density at radius 1 is 1.39 bits per heavy atom. The molecule has 0 spiro atoms. The van der Waals surface area contributed by atoms with Gasteiger partial charge in [0.25, 0.3) is 0 Å². The van der Waals surface area contributed by atoms with Crippen molar-refractivity contribution in [2.45, 2.75) is 39.0 Å². The van der Waals surface area contributed by atoms with Crippen molar-refractivity contribution in [1.82, 2.24) is 10.2 Å². The minimum absolute atomic E-state index is 0.00954. The number of hydrogen-bond donors (Lipinski definition) is 2. The molecule has 2 amide bonds. The highest BCUT2D eigenvalue weighted by atomic mass is 16.4. The lowest BCUT2D eigenvalue weighted by molar-refractivity contribution is -0.137. The summed E-state index contributed by atoms with van der Waals surface area (Å²) in [6.07, 6.45) is 4.90. The van der Waals surface area contributed by atoms with Crippen molar-refractivity contribution >= 4 is 12.0 Å². The fourth-order valence-electron chi connectivity index (χ4n) is 2.48. The summed E-state index contributed by atoms with van der Waals surface area (Å²) in [5, 5.41) is 11.4. The third-order valence-electron chi connectivity index (χ3n) is 3.59. The van der Waals surface area contributed by atoms with Gasteiger partial charge in [-0.05, 0) is 24.7 Å². The lowest BCUT2D eigenvalue weighted by Crippen LogP contribution is -2.41. The Morgan fingerprint density at radius 2 is 2.11 bits per heavy atom. The second kappa shape index (κ2) is 7.24. The number of carboxylic acids is 1. The van der Waals surface area contributed by atoms with Gasteiger partial charge in [0.15, 0.2) is 0 Å². The fraction of sp³-hybridized carbons (Fsp3) is 0.846. The predicted octanol–water partition coefficient (Wildman–Crippen LogP) is 1.93. The molecule has 1 fully saturated rings. The molecule has 0 aromatic carbocycles. The number of carboxylic acid groups (broad SMARTS) is 1. The zero-order valence-electron chi connectivity index (χ0n) is 11.3. The number of carbonyl (C=O) groups is 2. The van der Waals surface area contributed by atoms with Crippen molar-refractivity contribution in [2.24, 2.45) is 11.8 Å². The quantitative estimate of drug-likeness (QED) is 0.789. The number of nitrogens with zero attached hydrogens (tertiary/aromatic N) is 1. The van der Waals surface area contributed by atoms with E-state index < -0.39 is 5.97 Å². The molecule has 1 saturated carbocycles. The summed E-state index contributed by atoms with van der Waals surface area (Å²) in [7, 11) is 1.63. The standard InChI is InChI=1S/C13H24N2O3/c1-10-4-3-5-11(8-10)9-14-13(18)15(2)7-6-12(16)17/h10-11H,3-9H2,1-2H3,(H,14,18)(H,16,17). The van der Waals surface area contributed by atoms with Crippen LogP contribution in [0.4, 0.5) is 4.79 Å². The van der Waals surface area contributed by atoms with Crippen LogP contribution in [0, 0.1) is 11.8 Å². The van der Waals surface area contributed by atoms with Crippen molar-refractivity contribution in [3.8, 4) is 0 Å². The van der Waals surface area contributed by atoms with Crippen LogP contribution in [0.2, 0.25) is 0 Å². The van der Waals surface area contributed by atoms with Gasteiger partial charge >= 0.3 is 12.0 Å². The molecule has 104 valence electrons. The highest BCUT2D eigenvalue weighted by Crippen LogP contribution is 2.27. The molecule has 0 aromatic heterocycles. The Bertz CT molecular complexity index is 294. The van der Waals surface area contributed by atoms with Crippen LogP contribution in [0.25, 0.3) is 0 Å². The number of rotatable bonds is 5. The Morgan fingerprint density at radius 3 is 2.72 bits per heavy atom. The SMILES string of the molecule is CC1CCCC(CNC(=O)N(C)CCC(=O)O)C1. The third-order valence-corrected chi connectivity index (χ3v) is 3.59. The molecule has 5 nitrogen and oxygen atoms in total. The van der Waals surface area contributed by atoms with Crippen LogP contribution in [-0.2, 0) is 4.79 Å². The number of carbonyl (C=O) groups excluding carboxylic acids is 1. The molecule has 1 aliphatic rings. The zero-order chi connectivity index (χ0) is 13.5. The monoisotopic (exact) mass is 256 g/mol. The molecular weight excluding hydrogens is 232 g/mol. The van der Waals surface area contributed by atoms with Crippen LogP contribution in [-0.4, -0.2) is 42.1 Å². The van der Waals surface area contributed by atoms with Crippen LogP contribution < -0.4 is 5.32 Å². The Hall–Kier alpha value is -1.26. The van der Waals surface area contributed by atoms with E-state index in [0.717, 1.165) is 5.92 Å². The summed E-state index contributed by atoms with van der Waals surface area (Å²) in [4.78, 5) is 23.5. The van der Waals surface area contributed by atoms with Crippen molar-refractivity contribution in [3.63, 3.8) is 0 Å². The molecule has 1 aliphatic carbocycles. The lowest BCUT2D eigenvalue weighted by Gasteiger charge is -2.27. The van der Waals surface area contributed by atoms with Gasteiger partial charge in [0, 0.05) is 20.1 Å². The van der Waals surface area contributed by atoms with Gasteiger partial charge in [0.05, 0.1) is 6.42 Å². The largest absolute Gasteiger partial charge is 0.481 e. The van der Waals surface area contributed by atoms with Crippen LogP contribution in [0.3, 0.4) is 0 Å². The maximum Gasteiger partial charge on any atom is 0.317 e. The van der Waals surface area contributed by atoms with E-state index in [2.05, 4.69) is 12.2 Å². The predicted molar refractivity (Wildman–Crippen MR) is 69.4 cm³/mol. The first kappa shape index (κ1) is 14.8. The summed E-state index contributed by atoms with van der Waals surface area (Å²) in [5.74, 6) is 0.451. The van der Waals surface area contributed by atoms with Gasteiger partial charge < -0.3 is 15.3 Å². The van der Waals surface area contributed by atoms with Gasteiger partial charge in [-0.1, -0.05) is 19.8 Å². The number of urea groups is 1. The van der Waals surface area contributed by atoms with E-state index >= 15 is 0 Å². The van der Waals surface area contributed by atoms with Crippen molar-refractivity contribution in [2.75, 3.05) is 20.1 Å². The topological polar surface area (TPSA) is 69.6 Å². The average molecular weight is 256 g/mol. The van der Waals surface area contributed by atoms with Crippen molar-refractivity contribution < 1.29 is 14.7 Å². The molecule has 0 heterocycles. The van der Waals surface area contributed by atoms with E-state index in [1.807, 2.05) is 0 Å². The number of amides is 2. The Kier molecular flexibility index (Phi) is 5.95. The number of nitrogens with one attached hydrogen (secondary N) is 1. The maximum absolute atomic E-state index is 11.7. The summed E-state index contributed by atoms with van der Waals surface area (Å²) < 4.78 is 0. The van der Waals surface area contributed by atoms with Crippen LogP contribution in [0.15, 0.2) is 0 Å². The second-order valence-electron chi connectivity index (χ2n) is 5.39. The lowest BCUT2D eigenvalue weighted by atomic mass is 9.82. The molecule has 0 aromatic rings. The zero-order valence-corrected chi connectivity index (χ0v) is 11.3. The number of hydrogen-bond acceptors (Lipinski definition) is 2. The molecule has 2 unspecified atom stereocenters. The first-order chi connectivity index (χ1) is 8.49. The van der Waals surface area contributed by atoms with Crippen LogP contribution in [0.5, 0.6) is 0 Å². The Balaban J connectivity index is 2.21. The van der Waals surface area contributed by atoms with Gasteiger partial charge in [-0.2, -0.15) is 0 Å². The third kappa shape index (κ3) is 5.38. The van der Waals surface area contributed by atoms with E-state index in [4.69, 9.17) is 5.11 Å². The molecule has 0 radical (unpaired) electrons. The van der Waals surface area contributed by atoms with E-state index in [0.29, 0.717) is 12.5 Å². The molecular formula is C13H24N2O3. The molecule has 5 heteroatoms. The highest BCUT2D eigenvalue weighted by molar-refractivity contribution is 5.74. The molecule has 0 aliphatic heterocycles. The molecule has 0 bridgehead atoms. The van der Waals surface area contributed by atoms with E-state index in [1.165, 1.54) is 30.6 Å². The first-order valence-corrected chi connectivity index (χ1v) is 6.69. The van der Waals surface area contributed by atoms with E-state index in [-0.39, 0.29) is 19.0 Å². The second-order valence-corrected chi connectivity index (χ2v) is 5.39. The smallest absolute Gasteiger partial charge is 0.317 e. The van der Waals surface area contributed by atoms with Gasteiger partial charge in [-0.3, -0.25) is 4.79 Å². The molecule has 18 heavy (non-hydrogen) atoms. The minimum atomic E-state index is -0.879. The van der Waals surface area contributed by atoms with E-state index in [9.17, 15) is 9.59 Å². The molecule has 2 atom stereocenters. The summed E-state index contributed by atoms with van der Waals surface area (Å²) >= 11 is 0.